The SMILES string of the molecule is CCC1CCC2C3CCC4CC(c5ccc(OC(=O)c6ccc(C=O)c(C(=O)OC)c6)cc5)(c5ccc(OC(=O)c6ccc7c(c6)C(=O)CCOC7=O)cc5)CCC4(C)C3CCC12C. The summed E-state index contributed by atoms with van der Waals surface area (Å²) in [5.74, 6) is 1.44. The predicted molar refractivity (Wildman–Crippen MR) is 238 cm³/mol. The minimum absolute atomic E-state index is 0.00236. The number of esters is 4. The van der Waals surface area contributed by atoms with Crippen LogP contribution in [-0.4, -0.2) is 49.7 Å². The van der Waals surface area contributed by atoms with E-state index in [1.54, 1.807) is 0 Å². The molecule has 0 spiro atoms. The number of aldehydes is 1. The van der Waals surface area contributed by atoms with Gasteiger partial charge in [-0.1, -0.05) is 51.5 Å². The van der Waals surface area contributed by atoms with Crippen molar-refractivity contribution in [3.63, 3.8) is 0 Å². The third-order valence-electron chi connectivity index (χ3n) is 16.8. The highest BCUT2D eigenvalue weighted by atomic mass is 16.5. The second-order valence-corrected chi connectivity index (χ2v) is 19.5. The first-order valence-electron chi connectivity index (χ1n) is 23.0. The number of Topliss-reactive ketones (excluding diaryl/α,β-unsaturated/α-hetero) is 1. The minimum Gasteiger partial charge on any atom is -0.465 e. The number of hydrogen-bond donors (Lipinski definition) is 0. The van der Waals surface area contributed by atoms with Crippen LogP contribution in [0.2, 0.25) is 0 Å². The number of fused-ring (bicyclic) bond motifs is 6. The van der Waals surface area contributed by atoms with E-state index in [4.69, 9.17) is 18.9 Å². The molecule has 4 aromatic carbocycles. The van der Waals surface area contributed by atoms with Crippen molar-refractivity contribution in [3.8, 4) is 11.5 Å². The van der Waals surface area contributed by atoms with Crippen molar-refractivity contribution >= 4 is 35.9 Å². The fourth-order valence-corrected chi connectivity index (χ4v) is 13.4. The van der Waals surface area contributed by atoms with Crippen LogP contribution in [0.4, 0.5) is 0 Å². The lowest BCUT2D eigenvalue weighted by Gasteiger charge is -2.63. The minimum atomic E-state index is -0.725. The number of ether oxygens (including phenoxy) is 4. The zero-order valence-electron chi connectivity index (χ0n) is 37.1. The van der Waals surface area contributed by atoms with Crippen molar-refractivity contribution in [2.24, 2.45) is 40.4 Å². The maximum atomic E-state index is 13.4. The quantitative estimate of drug-likeness (QED) is 0.0907. The Morgan fingerprint density at radius 3 is 1.98 bits per heavy atom. The summed E-state index contributed by atoms with van der Waals surface area (Å²) in [6, 6.07) is 24.0. The van der Waals surface area contributed by atoms with E-state index >= 15 is 0 Å². The molecular weight excluding hydrogens is 809 g/mol. The summed E-state index contributed by atoms with van der Waals surface area (Å²) >= 11 is 0. The third-order valence-corrected chi connectivity index (χ3v) is 16.8. The Bertz CT molecular complexity index is 2520. The van der Waals surface area contributed by atoms with Crippen molar-refractivity contribution in [1.29, 1.82) is 0 Å². The lowest BCUT2D eigenvalue weighted by atomic mass is 9.42. The zero-order valence-corrected chi connectivity index (χ0v) is 37.1. The highest BCUT2D eigenvalue weighted by Gasteiger charge is 2.61. The van der Waals surface area contributed by atoms with Crippen LogP contribution in [0.25, 0.3) is 0 Å². The fraction of sp³-hybridized carbons (Fsp3) is 0.444. The van der Waals surface area contributed by atoms with Gasteiger partial charge in [-0.2, -0.15) is 0 Å². The Hall–Kier alpha value is -5.90. The lowest BCUT2D eigenvalue weighted by Crippen LogP contribution is -2.55. The predicted octanol–water partition coefficient (Wildman–Crippen LogP) is 10.8. The van der Waals surface area contributed by atoms with Gasteiger partial charge in [0.05, 0.1) is 36.0 Å². The van der Waals surface area contributed by atoms with Crippen LogP contribution in [-0.2, 0) is 14.9 Å². The monoisotopic (exact) mass is 864 g/mol. The Morgan fingerprint density at radius 2 is 1.34 bits per heavy atom. The second-order valence-electron chi connectivity index (χ2n) is 19.5. The Kier molecular flexibility index (Phi) is 11.5. The van der Waals surface area contributed by atoms with E-state index < -0.39 is 23.9 Å². The molecule has 0 bridgehead atoms. The summed E-state index contributed by atoms with van der Waals surface area (Å²) < 4.78 is 21.6. The maximum absolute atomic E-state index is 13.4. The van der Waals surface area contributed by atoms with Gasteiger partial charge in [0.2, 0.25) is 0 Å². The van der Waals surface area contributed by atoms with Crippen molar-refractivity contribution in [3.05, 3.63) is 129 Å². The van der Waals surface area contributed by atoms with Crippen LogP contribution in [0, 0.1) is 40.4 Å². The van der Waals surface area contributed by atoms with Gasteiger partial charge in [-0.3, -0.25) is 9.59 Å². The van der Waals surface area contributed by atoms with Crippen LogP contribution >= 0.6 is 0 Å². The smallest absolute Gasteiger partial charge is 0.343 e. The van der Waals surface area contributed by atoms with Crippen molar-refractivity contribution in [2.75, 3.05) is 13.7 Å². The molecule has 64 heavy (non-hydrogen) atoms. The number of carbonyl (C=O) groups excluding carboxylic acids is 6. The Balaban J connectivity index is 0.997. The summed E-state index contributed by atoms with van der Waals surface area (Å²) in [7, 11) is 1.21. The molecule has 0 amide bonds. The van der Waals surface area contributed by atoms with Crippen LogP contribution in [0.3, 0.4) is 0 Å². The molecule has 4 aromatic rings. The summed E-state index contributed by atoms with van der Waals surface area (Å²) in [4.78, 5) is 75.8. The summed E-state index contributed by atoms with van der Waals surface area (Å²) in [6.45, 7) is 7.57. The number of methoxy groups -OCH3 is 1. The molecule has 10 heteroatoms. The number of carbonyl (C=O) groups is 6. The van der Waals surface area contributed by atoms with Gasteiger partial charge in [0, 0.05) is 23.0 Å². The lowest BCUT2D eigenvalue weighted by molar-refractivity contribution is -0.119. The van der Waals surface area contributed by atoms with Gasteiger partial charge in [-0.05, 0) is 170 Å². The van der Waals surface area contributed by atoms with Gasteiger partial charge >= 0.3 is 23.9 Å². The standard InChI is InChI=1S/C54H56O10/c1-5-35-14-21-45-42-20-13-38-30-54(26-25-53(38,3)46(42)22-24-52(35,45)2,36-9-15-39(16-10-36)63-48(57)32-6-7-34(31-55)43(28-32)50(59)61-4)37-11-17-40(18-12-37)64-49(58)33-8-19-41-44(29-33)47(56)23-27-62-51(41)60/h6-12,15-19,28-29,31,35,38,42,45-46H,5,13-14,20-27,30H2,1-4H3. The van der Waals surface area contributed by atoms with Gasteiger partial charge < -0.3 is 18.9 Å². The number of cyclic esters (lactones) is 1. The summed E-state index contributed by atoms with van der Waals surface area (Å²) in [5.41, 5.74) is 3.19. The van der Waals surface area contributed by atoms with E-state index in [1.165, 1.54) is 88.5 Å². The molecule has 10 nitrogen and oxygen atoms in total. The normalized spacial score (nSPS) is 29.4. The molecule has 8 unspecified atom stereocenters. The molecule has 1 heterocycles. The first-order valence-corrected chi connectivity index (χ1v) is 23.0. The molecule has 0 radical (unpaired) electrons. The second kappa shape index (κ2) is 16.9. The summed E-state index contributed by atoms with van der Waals surface area (Å²) in [6.07, 6.45) is 12.6. The van der Waals surface area contributed by atoms with Crippen LogP contribution < -0.4 is 9.47 Å². The largest absolute Gasteiger partial charge is 0.465 e. The number of rotatable bonds is 9. The van der Waals surface area contributed by atoms with E-state index in [1.807, 2.05) is 36.4 Å². The van der Waals surface area contributed by atoms with Gasteiger partial charge in [-0.15, -0.1) is 0 Å². The molecule has 0 N–H and O–H groups in total. The first-order chi connectivity index (χ1) is 30.8. The zero-order chi connectivity index (χ0) is 45.0. The molecule has 4 fully saturated rings. The molecule has 4 aliphatic carbocycles. The Labute approximate surface area is 374 Å². The maximum Gasteiger partial charge on any atom is 0.343 e. The molecule has 1 aliphatic heterocycles. The van der Waals surface area contributed by atoms with E-state index in [0.717, 1.165) is 48.1 Å². The van der Waals surface area contributed by atoms with Gasteiger partial charge in [0.1, 0.15) is 11.5 Å². The van der Waals surface area contributed by atoms with Gasteiger partial charge in [0.25, 0.3) is 0 Å². The highest BCUT2D eigenvalue weighted by molar-refractivity contribution is 6.09. The van der Waals surface area contributed by atoms with Gasteiger partial charge in [0.15, 0.2) is 12.1 Å². The molecule has 332 valence electrons. The van der Waals surface area contributed by atoms with Gasteiger partial charge in [-0.25, -0.2) is 19.2 Å². The third kappa shape index (κ3) is 7.36. The van der Waals surface area contributed by atoms with Crippen molar-refractivity contribution in [1.82, 2.24) is 0 Å². The van der Waals surface area contributed by atoms with E-state index in [0.29, 0.717) is 35.0 Å². The molecule has 0 saturated heterocycles. The molecule has 4 saturated carbocycles. The molecule has 8 atom stereocenters. The average molecular weight is 865 g/mol. The number of hydrogen-bond acceptors (Lipinski definition) is 10. The average Bonchev–Trinajstić information content (AvgIpc) is 3.59. The topological polar surface area (TPSA) is 139 Å². The van der Waals surface area contributed by atoms with Crippen molar-refractivity contribution < 1.29 is 47.7 Å². The Morgan fingerprint density at radius 1 is 0.703 bits per heavy atom. The van der Waals surface area contributed by atoms with E-state index in [2.05, 4.69) is 32.9 Å². The number of benzene rings is 4. The van der Waals surface area contributed by atoms with Crippen LogP contribution in [0.15, 0.2) is 84.9 Å². The summed E-state index contributed by atoms with van der Waals surface area (Å²) in [5, 5.41) is 0. The molecular formula is C54H56O10. The number of ketones is 1. The van der Waals surface area contributed by atoms with Crippen molar-refractivity contribution in [2.45, 2.75) is 96.8 Å². The van der Waals surface area contributed by atoms with E-state index in [-0.39, 0.29) is 63.0 Å². The van der Waals surface area contributed by atoms with Crippen LogP contribution in [0.5, 0.6) is 11.5 Å². The molecule has 5 aliphatic rings. The van der Waals surface area contributed by atoms with Crippen LogP contribution in [0.1, 0.15) is 165 Å². The molecule has 9 rings (SSSR count). The highest BCUT2D eigenvalue weighted by Crippen LogP contribution is 2.69. The molecule has 0 aromatic heterocycles. The fourth-order valence-electron chi connectivity index (χ4n) is 13.4. The first kappa shape index (κ1) is 43.4. The van der Waals surface area contributed by atoms with E-state index in [9.17, 15) is 28.8 Å².